The topological polar surface area (TPSA) is 58.6 Å². The monoisotopic (exact) mass is 344 g/mol. The largest absolute Gasteiger partial charge is 0.495 e. The molecule has 7 heteroatoms. The fraction of sp³-hybridized carbons (Fsp3) is 0.333. The zero-order valence-electron chi connectivity index (χ0n) is 10.3. The normalized spacial score (nSPS) is 18.8. The van der Waals surface area contributed by atoms with Crippen LogP contribution in [-0.4, -0.2) is 40.4 Å². The maximum absolute atomic E-state index is 12.1. The quantitative estimate of drug-likeness (QED) is 0.831. The van der Waals surface area contributed by atoms with E-state index < -0.39 is 5.37 Å². The summed E-state index contributed by atoms with van der Waals surface area (Å²) in [7, 11) is 1.56. The number of halogens is 1. The number of para-hydroxylation sites is 2. The number of alkyl halides is 1. The first-order valence-electron chi connectivity index (χ1n) is 5.65. The van der Waals surface area contributed by atoms with E-state index in [1.54, 1.807) is 13.2 Å². The fourth-order valence-corrected chi connectivity index (χ4v) is 3.01. The van der Waals surface area contributed by atoms with Crippen molar-refractivity contribution in [1.82, 2.24) is 4.90 Å². The fourth-order valence-electron chi connectivity index (χ4n) is 1.73. The molecule has 0 saturated carbocycles. The highest BCUT2D eigenvalue weighted by atomic mass is 79.9. The van der Waals surface area contributed by atoms with Crippen LogP contribution in [0.15, 0.2) is 24.3 Å². The zero-order valence-corrected chi connectivity index (χ0v) is 12.7. The lowest BCUT2D eigenvalue weighted by Crippen LogP contribution is -2.35. The first kappa shape index (κ1) is 14.2. The van der Waals surface area contributed by atoms with Gasteiger partial charge in [-0.1, -0.05) is 28.1 Å². The van der Waals surface area contributed by atoms with E-state index in [0.29, 0.717) is 23.3 Å². The van der Waals surface area contributed by atoms with Gasteiger partial charge in [0.2, 0.25) is 0 Å². The predicted octanol–water partition coefficient (Wildman–Crippen LogP) is 2.52. The van der Waals surface area contributed by atoms with Crippen LogP contribution in [0.4, 0.5) is 10.5 Å². The number of benzene rings is 1. The molecular weight excluding hydrogens is 332 g/mol. The van der Waals surface area contributed by atoms with E-state index in [1.807, 2.05) is 18.2 Å². The summed E-state index contributed by atoms with van der Waals surface area (Å²) in [6.45, 7) is 0.384. The zero-order chi connectivity index (χ0) is 13.8. The van der Waals surface area contributed by atoms with E-state index in [4.69, 9.17) is 4.74 Å². The molecule has 0 spiro atoms. The van der Waals surface area contributed by atoms with Crippen LogP contribution in [0.3, 0.4) is 0 Å². The molecule has 0 radical (unpaired) electrons. The maximum atomic E-state index is 12.1. The highest BCUT2D eigenvalue weighted by molar-refractivity contribution is 9.09. The number of methoxy groups -OCH3 is 1. The molecule has 0 aliphatic carbocycles. The van der Waals surface area contributed by atoms with Crippen molar-refractivity contribution in [3.63, 3.8) is 0 Å². The van der Waals surface area contributed by atoms with Gasteiger partial charge in [0, 0.05) is 11.9 Å². The van der Waals surface area contributed by atoms with Gasteiger partial charge in [-0.15, -0.1) is 0 Å². The molecule has 1 atom stereocenters. The molecule has 1 N–H and O–H groups in total. The van der Waals surface area contributed by atoms with E-state index in [-0.39, 0.29) is 11.1 Å². The Morgan fingerprint density at radius 2 is 2.16 bits per heavy atom. The van der Waals surface area contributed by atoms with Crippen LogP contribution in [0, 0.1) is 0 Å². The Morgan fingerprint density at radius 1 is 1.42 bits per heavy atom. The molecule has 5 nitrogen and oxygen atoms in total. The number of hydrogen-bond acceptors (Lipinski definition) is 5. The number of ether oxygens (including phenoxy) is 1. The van der Waals surface area contributed by atoms with Gasteiger partial charge < -0.3 is 10.1 Å². The predicted molar refractivity (Wildman–Crippen MR) is 78.9 cm³/mol. The van der Waals surface area contributed by atoms with E-state index >= 15 is 0 Å². The minimum atomic E-state index is -0.595. The molecule has 19 heavy (non-hydrogen) atoms. The first-order valence-corrected chi connectivity index (χ1v) is 7.65. The number of imide groups is 1. The molecule has 0 bridgehead atoms. The van der Waals surface area contributed by atoms with E-state index in [0.717, 1.165) is 11.8 Å². The minimum absolute atomic E-state index is 0.222. The second-order valence-electron chi connectivity index (χ2n) is 3.79. The third-order valence-electron chi connectivity index (χ3n) is 2.63. The van der Waals surface area contributed by atoms with Gasteiger partial charge in [-0.2, -0.15) is 0 Å². The smallest absolute Gasteiger partial charge is 0.290 e. The van der Waals surface area contributed by atoms with E-state index in [1.165, 1.54) is 4.90 Å². The summed E-state index contributed by atoms with van der Waals surface area (Å²) < 4.78 is 5.20. The molecule has 1 aliphatic heterocycles. The van der Waals surface area contributed by atoms with Crippen LogP contribution in [0.25, 0.3) is 0 Å². The number of nitrogens with one attached hydrogen (secondary N) is 1. The SMILES string of the molecule is COc1ccccc1N[C@H]1SC(=O)N(CCBr)C1=O. The Bertz CT molecular complexity index is 498. The van der Waals surface area contributed by atoms with Gasteiger partial charge in [-0.25, -0.2) is 0 Å². The number of thioether (sulfide) groups is 1. The molecule has 1 fully saturated rings. The standard InChI is InChI=1S/C12H13BrN2O3S/c1-18-9-5-3-2-4-8(9)14-10-11(16)15(7-6-13)12(17)19-10/h2-5,10,14H,6-7H2,1H3/t10-/m0/s1. The van der Waals surface area contributed by atoms with Gasteiger partial charge >= 0.3 is 0 Å². The molecular formula is C12H13BrN2O3S. The van der Waals surface area contributed by atoms with Crippen molar-refractivity contribution in [3.05, 3.63) is 24.3 Å². The molecule has 2 amide bonds. The van der Waals surface area contributed by atoms with Crippen molar-refractivity contribution < 1.29 is 14.3 Å². The summed E-state index contributed by atoms with van der Waals surface area (Å²) in [4.78, 5) is 25.0. The Balaban J connectivity index is 2.12. The summed E-state index contributed by atoms with van der Waals surface area (Å²) in [6, 6.07) is 7.29. The molecule has 102 valence electrons. The van der Waals surface area contributed by atoms with Crippen LogP contribution < -0.4 is 10.1 Å². The van der Waals surface area contributed by atoms with Crippen molar-refractivity contribution in [1.29, 1.82) is 0 Å². The van der Waals surface area contributed by atoms with E-state index in [9.17, 15) is 9.59 Å². The molecule has 0 aromatic heterocycles. The summed E-state index contributed by atoms with van der Waals surface area (Å²) in [5.74, 6) is 0.419. The summed E-state index contributed by atoms with van der Waals surface area (Å²) >= 11 is 4.21. The number of rotatable bonds is 5. The number of nitrogens with zero attached hydrogens (tertiary/aromatic N) is 1. The minimum Gasteiger partial charge on any atom is -0.495 e. The summed E-state index contributed by atoms with van der Waals surface area (Å²) in [6.07, 6.45) is 0. The number of amides is 2. The lowest BCUT2D eigenvalue weighted by Gasteiger charge is -2.15. The first-order chi connectivity index (χ1) is 9.17. The van der Waals surface area contributed by atoms with Crippen LogP contribution in [-0.2, 0) is 4.79 Å². The highest BCUT2D eigenvalue weighted by Crippen LogP contribution is 2.31. The Hall–Kier alpha value is -1.21. The molecule has 1 aromatic rings. The van der Waals surface area contributed by atoms with Crippen molar-refractivity contribution in [2.75, 3.05) is 24.3 Å². The van der Waals surface area contributed by atoms with Gasteiger partial charge in [0.25, 0.3) is 11.1 Å². The third-order valence-corrected chi connectivity index (χ3v) is 3.96. The molecule has 1 aromatic carbocycles. The van der Waals surface area contributed by atoms with Gasteiger partial charge in [0.05, 0.1) is 12.8 Å². The number of carbonyl (C=O) groups excluding carboxylic acids is 2. The second kappa shape index (κ2) is 6.29. The highest BCUT2D eigenvalue weighted by Gasteiger charge is 2.39. The van der Waals surface area contributed by atoms with Gasteiger partial charge in [0.15, 0.2) is 5.37 Å². The second-order valence-corrected chi connectivity index (χ2v) is 5.64. The molecule has 2 rings (SSSR count). The lowest BCUT2D eigenvalue weighted by molar-refractivity contribution is -0.125. The lowest BCUT2D eigenvalue weighted by atomic mass is 10.3. The number of anilines is 1. The molecule has 1 saturated heterocycles. The Morgan fingerprint density at radius 3 is 2.84 bits per heavy atom. The molecule has 1 heterocycles. The van der Waals surface area contributed by atoms with Crippen LogP contribution in [0.1, 0.15) is 0 Å². The molecule has 1 aliphatic rings. The van der Waals surface area contributed by atoms with Crippen molar-refractivity contribution in [2.24, 2.45) is 0 Å². The average Bonchev–Trinajstić information content (AvgIpc) is 2.67. The van der Waals surface area contributed by atoms with Crippen molar-refractivity contribution >= 4 is 44.5 Å². The van der Waals surface area contributed by atoms with Crippen molar-refractivity contribution in [3.8, 4) is 5.75 Å². The number of carbonyl (C=O) groups is 2. The average molecular weight is 345 g/mol. The van der Waals surface area contributed by atoms with Gasteiger partial charge in [0.1, 0.15) is 5.75 Å². The van der Waals surface area contributed by atoms with Crippen LogP contribution in [0.5, 0.6) is 5.75 Å². The Labute approximate surface area is 123 Å². The van der Waals surface area contributed by atoms with Crippen LogP contribution >= 0.6 is 27.7 Å². The van der Waals surface area contributed by atoms with Crippen molar-refractivity contribution in [2.45, 2.75) is 5.37 Å². The van der Waals surface area contributed by atoms with Crippen LogP contribution in [0.2, 0.25) is 0 Å². The summed E-state index contributed by atoms with van der Waals surface area (Å²) in [5, 5.41) is 2.80. The van der Waals surface area contributed by atoms with Gasteiger partial charge in [-0.05, 0) is 23.9 Å². The third kappa shape index (κ3) is 3.03. The number of hydrogen-bond donors (Lipinski definition) is 1. The summed E-state index contributed by atoms with van der Waals surface area (Å²) in [5.41, 5.74) is 0.698. The maximum Gasteiger partial charge on any atom is 0.290 e. The molecule has 0 unspecified atom stereocenters. The van der Waals surface area contributed by atoms with Gasteiger partial charge in [-0.3, -0.25) is 14.5 Å². The van der Waals surface area contributed by atoms with E-state index in [2.05, 4.69) is 21.2 Å². The Kier molecular flexibility index (Phi) is 4.71.